The summed E-state index contributed by atoms with van der Waals surface area (Å²) < 4.78 is 0. The number of hydrogen-bond donors (Lipinski definition) is 0. The van der Waals surface area contributed by atoms with Gasteiger partial charge in [0.25, 0.3) is 0 Å². The molecule has 0 spiro atoms. The van der Waals surface area contributed by atoms with Crippen LogP contribution in [0.4, 0.5) is 0 Å². The van der Waals surface area contributed by atoms with Gasteiger partial charge in [0.05, 0.1) is 11.4 Å². The van der Waals surface area contributed by atoms with Gasteiger partial charge < -0.3 is 0 Å². The zero-order valence-corrected chi connectivity index (χ0v) is 24.4. The summed E-state index contributed by atoms with van der Waals surface area (Å²) in [4.78, 5) is 10.4. The molecule has 1 aromatic heterocycles. The summed E-state index contributed by atoms with van der Waals surface area (Å²) in [5.41, 5.74) is 7.20. The standard InChI is InChI=1S/C42H30N2/c1-3-13-27(14-4-1)38-26-39(44-42(43-38)28-15-5-2-6-16-28)29-23-24-33-32-19-9-11-21-35(32)40-34-20-10-7-17-30(34)31-18-8-12-22-36(31)41(40)37(33)25-29/h1-15,17-22,25-26,28H,16,23-24H2. The monoisotopic (exact) mass is 562 g/mol. The summed E-state index contributed by atoms with van der Waals surface area (Å²) in [7, 11) is 0. The van der Waals surface area contributed by atoms with Gasteiger partial charge >= 0.3 is 0 Å². The molecule has 0 aliphatic heterocycles. The quantitative estimate of drug-likeness (QED) is 0.200. The Kier molecular flexibility index (Phi) is 5.80. The molecule has 2 nitrogen and oxygen atoms in total. The first-order chi connectivity index (χ1) is 21.8. The SMILES string of the molecule is C1=CCC(c2nc(C3=Cc4c(c5ccccc5c5c6ccccc6c6ccccc6c45)CC3)cc(-c3ccccc3)n2)C=C1. The van der Waals surface area contributed by atoms with E-state index in [2.05, 4.69) is 140 Å². The van der Waals surface area contributed by atoms with Gasteiger partial charge in [-0.25, -0.2) is 9.97 Å². The van der Waals surface area contributed by atoms with Crippen LogP contribution < -0.4 is 0 Å². The average Bonchev–Trinajstić information content (AvgIpc) is 3.11. The Balaban J connectivity index is 1.35. The first kappa shape index (κ1) is 25.2. The molecule has 0 N–H and O–H groups in total. The fraction of sp³-hybridized carbons (Fsp3) is 0.0952. The Labute approximate surface area is 256 Å². The second kappa shape index (κ2) is 10.1. The van der Waals surface area contributed by atoms with Gasteiger partial charge in [-0.1, -0.05) is 127 Å². The molecule has 1 heterocycles. The smallest absolute Gasteiger partial charge is 0.136 e. The van der Waals surface area contributed by atoms with Crippen molar-refractivity contribution in [1.29, 1.82) is 0 Å². The highest BCUT2D eigenvalue weighted by atomic mass is 14.9. The lowest BCUT2D eigenvalue weighted by Crippen LogP contribution is -2.09. The lowest BCUT2D eigenvalue weighted by Gasteiger charge is -2.24. The van der Waals surface area contributed by atoms with E-state index in [9.17, 15) is 0 Å². The summed E-state index contributed by atoms with van der Waals surface area (Å²) in [6.07, 6.45) is 14.0. The summed E-state index contributed by atoms with van der Waals surface area (Å²) in [5, 5.41) is 10.6. The summed E-state index contributed by atoms with van der Waals surface area (Å²) in [6, 6.07) is 39.6. The van der Waals surface area contributed by atoms with Crippen LogP contribution in [0.1, 0.15) is 41.4 Å². The molecule has 2 heteroatoms. The van der Waals surface area contributed by atoms with Crippen LogP contribution in [0.15, 0.2) is 133 Å². The van der Waals surface area contributed by atoms with E-state index >= 15 is 0 Å². The number of benzene rings is 6. The second-order valence-electron chi connectivity index (χ2n) is 12.0. The van der Waals surface area contributed by atoms with E-state index in [0.717, 1.165) is 42.0 Å². The molecule has 6 aromatic carbocycles. The maximum Gasteiger partial charge on any atom is 0.136 e. The molecule has 2 aliphatic rings. The van der Waals surface area contributed by atoms with E-state index in [-0.39, 0.29) is 5.92 Å². The van der Waals surface area contributed by atoms with Gasteiger partial charge in [0.2, 0.25) is 0 Å². The van der Waals surface area contributed by atoms with Crippen LogP contribution in [0.5, 0.6) is 0 Å². The third-order valence-corrected chi connectivity index (χ3v) is 9.47. The predicted molar refractivity (Wildman–Crippen MR) is 186 cm³/mol. The van der Waals surface area contributed by atoms with E-state index in [1.807, 2.05) is 0 Å². The van der Waals surface area contributed by atoms with E-state index in [4.69, 9.17) is 9.97 Å². The maximum atomic E-state index is 5.27. The molecule has 7 aromatic rings. The predicted octanol–water partition coefficient (Wildman–Crippen LogP) is 10.8. The zero-order valence-electron chi connectivity index (χ0n) is 24.4. The highest BCUT2D eigenvalue weighted by Crippen LogP contribution is 2.46. The highest BCUT2D eigenvalue weighted by Gasteiger charge is 2.24. The molecule has 0 saturated heterocycles. The summed E-state index contributed by atoms with van der Waals surface area (Å²) in [6.45, 7) is 0. The Morgan fingerprint density at radius 2 is 1.16 bits per heavy atom. The van der Waals surface area contributed by atoms with Gasteiger partial charge in [0.15, 0.2) is 0 Å². The van der Waals surface area contributed by atoms with Crippen molar-refractivity contribution < 1.29 is 0 Å². The van der Waals surface area contributed by atoms with E-state index in [1.165, 1.54) is 59.8 Å². The molecule has 44 heavy (non-hydrogen) atoms. The first-order valence-corrected chi connectivity index (χ1v) is 15.6. The number of allylic oxidation sites excluding steroid dienone is 5. The van der Waals surface area contributed by atoms with Crippen LogP contribution in [0.3, 0.4) is 0 Å². The number of hydrogen-bond acceptors (Lipinski definition) is 2. The molecular weight excluding hydrogens is 532 g/mol. The molecule has 1 atom stereocenters. The van der Waals surface area contributed by atoms with Crippen molar-refractivity contribution in [2.24, 2.45) is 0 Å². The van der Waals surface area contributed by atoms with Crippen molar-refractivity contribution in [3.63, 3.8) is 0 Å². The van der Waals surface area contributed by atoms with Crippen molar-refractivity contribution in [2.75, 3.05) is 0 Å². The van der Waals surface area contributed by atoms with Crippen molar-refractivity contribution in [1.82, 2.24) is 9.97 Å². The van der Waals surface area contributed by atoms with Gasteiger partial charge in [-0.2, -0.15) is 0 Å². The van der Waals surface area contributed by atoms with Crippen molar-refractivity contribution in [3.8, 4) is 11.3 Å². The van der Waals surface area contributed by atoms with Gasteiger partial charge in [-0.3, -0.25) is 0 Å². The zero-order chi connectivity index (χ0) is 29.0. The van der Waals surface area contributed by atoms with Gasteiger partial charge in [-0.15, -0.1) is 0 Å². The normalized spacial score (nSPS) is 16.1. The fourth-order valence-electron chi connectivity index (χ4n) is 7.42. The largest absolute Gasteiger partial charge is 0.233 e. The molecule has 208 valence electrons. The van der Waals surface area contributed by atoms with Crippen LogP contribution in [0, 0.1) is 0 Å². The molecule has 0 saturated carbocycles. The second-order valence-corrected chi connectivity index (χ2v) is 12.0. The van der Waals surface area contributed by atoms with Crippen LogP contribution >= 0.6 is 0 Å². The number of rotatable bonds is 3. The topological polar surface area (TPSA) is 25.8 Å². The van der Waals surface area contributed by atoms with Crippen LogP contribution in [0.2, 0.25) is 0 Å². The minimum Gasteiger partial charge on any atom is -0.233 e. The van der Waals surface area contributed by atoms with Crippen molar-refractivity contribution in [2.45, 2.75) is 25.2 Å². The molecule has 0 bridgehead atoms. The van der Waals surface area contributed by atoms with E-state index < -0.39 is 0 Å². The van der Waals surface area contributed by atoms with Crippen LogP contribution in [-0.2, 0) is 6.42 Å². The van der Waals surface area contributed by atoms with Crippen LogP contribution in [0.25, 0.3) is 66.0 Å². The lowest BCUT2D eigenvalue weighted by molar-refractivity contribution is 0.769. The lowest BCUT2D eigenvalue weighted by atomic mass is 9.80. The van der Waals surface area contributed by atoms with E-state index in [1.54, 1.807) is 0 Å². The molecule has 0 fully saturated rings. The fourth-order valence-corrected chi connectivity index (χ4v) is 7.42. The summed E-state index contributed by atoms with van der Waals surface area (Å²) >= 11 is 0. The molecule has 2 aliphatic carbocycles. The minimum atomic E-state index is 0.180. The van der Waals surface area contributed by atoms with Crippen molar-refractivity contribution >= 4 is 54.7 Å². The Bertz CT molecular complexity index is 2360. The number of nitrogens with zero attached hydrogens (tertiary/aromatic N) is 2. The van der Waals surface area contributed by atoms with E-state index in [0.29, 0.717) is 0 Å². The molecule has 9 rings (SSSR count). The first-order valence-electron chi connectivity index (χ1n) is 15.6. The third-order valence-electron chi connectivity index (χ3n) is 9.47. The maximum absolute atomic E-state index is 5.27. The van der Waals surface area contributed by atoms with Gasteiger partial charge in [0, 0.05) is 11.5 Å². The minimum absolute atomic E-state index is 0.180. The average molecular weight is 563 g/mol. The molecule has 0 radical (unpaired) electrons. The third kappa shape index (κ3) is 3.95. The Morgan fingerprint density at radius 1 is 0.545 bits per heavy atom. The van der Waals surface area contributed by atoms with Gasteiger partial charge in [0.1, 0.15) is 5.82 Å². The number of aryl methyl sites for hydroxylation is 1. The Hall–Kier alpha value is -5.34. The molecular formula is C42H30N2. The van der Waals surface area contributed by atoms with Crippen LogP contribution in [-0.4, -0.2) is 9.97 Å². The van der Waals surface area contributed by atoms with Gasteiger partial charge in [-0.05, 0) is 91.2 Å². The number of aromatic nitrogens is 2. The highest BCUT2D eigenvalue weighted by molar-refractivity contribution is 6.34. The Morgan fingerprint density at radius 3 is 1.86 bits per heavy atom. The molecule has 1 unspecified atom stereocenters. The number of fused-ring (bicyclic) bond motifs is 11. The molecule has 0 amide bonds. The van der Waals surface area contributed by atoms with Crippen molar-refractivity contribution in [3.05, 3.63) is 156 Å². The summed E-state index contributed by atoms with van der Waals surface area (Å²) in [5.74, 6) is 1.08.